The van der Waals surface area contributed by atoms with E-state index >= 15 is 0 Å². The van der Waals surface area contributed by atoms with Crippen molar-refractivity contribution < 1.29 is 14.3 Å². The van der Waals surface area contributed by atoms with E-state index in [4.69, 9.17) is 9.47 Å². The van der Waals surface area contributed by atoms with E-state index in [0.717, 1.165) is 45.4 Å². The van der Waals surface area contributed by atoms with E-state index in [1.807, 2.05) is 32.6 Å². The molecule has 0 saturated carbocycles. The summed E-state index contributed by atoms with van der Waals surface area (Å²) in [6.07, 6.45) is 3.72. The number of carbonyl (C=O) groups is 1. The van der Waals surface area contributed by atoms with Crippen molar-refractivity contribution in [1.29, 1.82) is 0 Å². The van der Waals surface area contributed by atoms with Crippen molar-refractivity contribution in [1.82, 2.24) is 10.2 Å². The smallest absolute Gasteiger partial charge is 0.410 e. The van der Waals surface area contributed by atoms with Crippen molar-refractivity contribution >= 4 is 6.09 Å². The van der Waals surface area contributed by atoms with E-state index in [1.54, 1.807) is 0 Å². The lowest BCUT2D eigenvalue weighted by Gasteiger charge is -2.46. The zero-order chi connectivity index (χ0) is 15.5. The Bertz CT molecular complexity index is 354. The second-order valence-electron chi connectivity index (χ2n) is 7.19. The zero-order valence-electron chi connectivity index (χ0n) is 13.9. The van der Waals surface area contributed by atoms with Gasteiger partial charge in [0.1, 0.15) is 5.60 Å². The Morgan fingerprint density at radius 1 is 1.38 bits per heavy atom. The predicted octanol–water partition coefficient (Wildman–Crippen LogP) is 2.54. The Morgan fingerprint density at radius 3 is 2.62 bits per heavy atom. The van der Waals surface area contributed by atoms with Crippen molar-refractivity contribution in [2.75, 3.05) is 26.2 Å². The fourth-order valence-electron chi connectivity index (χ4n) is 3.36. The van der Waals surface area contributed by atoms with Crippen LogP contribution in [0.3, 0.4) is 0 Å². The van der Waals surface area contributed by atoms with Crippen molar-refractivity contribution in [3.8, 4) is 0 Å². The van der Waals surface area contributed by atoms with Crippen LogP contribution in [0.5, 0.6) is 0 Å². The van der Waals surface area contributed by atoms with Gasteiger partial charge in [-0.2, -0.15) is 0 Å². The Morgan fingerprint density at radius 2 is 2.05 bits per heavy atom. The number of amides is 1. The molecular weight excluding hydrogens is 268 g/mol. The molecule has 0 aromatic heterocycles. The van der Waals surface area contributed by atoms with Gasteiger partial charge in [0.2, 0.25) is 0 Å². The molecule has 2 rings (SSSR count). The van der Waals surface area contributed by atoms with Crippen LogP contribution in [0.1, 0.15) is 53.4 Å². The summed E-state index contributed by atoms with van der Waals surface area (Å²) in [5.74, 6) is 0. The van der Waals surface area contributed by atoms with Gasteiger partial charge in [0.15, 0.2) is 0 Å². The molecule has 0 aromatic carbocycles. The number of rotatable bonds is 2. The minimum Gasteiger partial charge on any atom is -0.444 e. The Balaban J connectivity index is 2.02. The second-order valence-corrected chi connectivity index (χ2v) is 7.19. The molecule has 2 aliphatic rings. The van der Waals surface area contributed by atoms with Gasteiger partial charge in [-0.25, -0.2) is 4.79 Å². The number of nitrogens with one attached hydrogen (secondary N) is 1. The first-order valence-electron chi connectivity index (χ1n) is 8.19. The first kappa shape index (κ1) is 16.6. The van der Waals surface area contributed by atoms with Crippen molar-refractivity contribution in [3.05, 3.63) is 0 Å². The third kappa shape index (κ3) is 4.33. The average Bonchev–Trinajstić information content (AvgIpc) is 2.38. The summed E-state index contributed by atoms with van der Waals surface area (Å²) in [6, 6.07) is 0.233. The fraction of sp³-hybridized carbons (Fsp3) is 0.938. The lowest BCUT2D eigenvalue weighted by molar-refractivity contribution is -0.119. The van der Waals surface area contributed by atoms with Gasteiger partial charge in [0, 0.05) is 19.2 Å². The molecule has 21 heavy (non-hydrogen) atoms. The third-order valence-corrected chi connectivity index (χ3v) is 4.39. The molecule has 0 aromatic rings. The van der Waals surface area contributed by atoms with Crippen LogP contribution in [0.15, 0.2) is 0 Å². The van der Waals surface area contributed by atoms with Gasteiger partial charge >= 0.3 is 6.09 Å². The number of nitrogens with zero attached hydrogens (tertiary/aromatic N) is 1. The SMILES string of the molecule is CCN(C(=O)OC(C)(C)C)[C@H]1CCOC2(CCNCC2)C1. The molecule has 2 aliphatic heterocycles. The molecule has 1 spiro atoms. The Hall–Kier alpha value is -0.810. The monoisotopic (exact) mass is 298 g/mol. The number of piperidine rings is 1. The lowest BCUT2D eigenvalue weighted by atomic mass is 9.82. The zero-order valence-corrected chi connectivity index (χ0v) is 13.9. The molecule has 2 fully saturated rings. The van der Waals surface area contributed by atoms with Crippen LogP contribution in [0.4, 0.5) is 4.79 Å². The van der Waals surface area contributed by atoms with Crippen LogP contribution in [-0.4, -0.2) is 54.5 Å². The van der Waals surface area contributed by atoms with Crippen LogP contribution in [0.2, 0.25) is 0 Å². The van der Waals surface area contributed by atoms with Gasteiger partial charge < -0.3 is 19.7 Å². The third-order valence-electron chi connectivity index (χ3n) is 4.39. The molecule has 122 valence electrons. The maximum Gasteiger partial charge on any atom is 0.410 e. The quantitative estimate of drug-likeness (QED) is 0.851. The first-order chi connectivity index (χ1) is 9.85. The maximum absolute atomic E-state index is 12.4. The van der Waals surface area contributed by atoms with Gasteiger partial charge in [-0.15, -0.1) is 0 Å². The van der Waals surface area contributed by atoms with Gasteiger partial charge in [-0.05, 0) is 66.5 Å². The molecule has 0 bridgehead atoms. The van der Waals surface area contributed by atoms with Crippen molar-refractivity contribution in [2.24, 2.45) is 0 Å². The van der Waals surface area contributed by atoms with Crippen LogP contribution < -0.4 is 5.32 Å². The van der Waals surface area contributed by atoms with Crippen molar-refractivity contribution in [2.45, 2.75) is 70.6 Å². The van der Waals surface area contributed by atoms with E-state index < -0.39 is 5.60 Å². The summed E-state index contributed by atoms with van der Waals surface area (Å²) in [7, 11) is 0. The summed E-state index contributed by atoms with van der Waals surface area (Å²) in [5, 5.41) is 3.38. The average molecular weight is 298 g/mol. The second kappa shape index (κ2) is 6.53. The van der Waals surface area contributed by atoms with Gasteiger partial charge in [0.25, 0.3) is 0 Å². The number of ether oxygens (including phenoxy) is 2. The lowest BCUT2D eigenvalue weighted by Crippen LogP contribution is -2.54. The summed E-state index contributed by atoms with van der Waals surface area (Å²) in [4.78, 5) is 14.3. The summed E-state index contributed by atoms with van der Waals surface area (Å²) < 4.78 is 11.6. The summed E-state index contributed by atoms with van der Waals surface area (Å²) in [6.45, 7) is 11.2. The molecule has 1 atom stereocenters. The molecule has 1 amide bonds. The Labute approximate surface area is 128 Å². The van der Waals surface area contributed by atoms with E-state index in [2.05, 4.69) is 5.32 Å². The summed E-state index contributed by atoms with van der Waals surface area (Å²) >= 11 is 0. The van der Waals surface area contributed by atoms with Gasteiger partial charge in [0.05, 0.1) is 5.60 Å². The van der Waals surface area contributed by atoms with E-state index in [-0.39, 0.29) is 17.7 Å². The summed E-state index contributed by atoms with van der Waals surface area (Å²) in [5.41, 5.74) is -0.480. The standard InChI is InChI=1S/C16H30N2O3/c1-5-18(14(19)21-15(2,3)4)13-6-11-20-16(12-13)7-9-17-10-8-16/h13,17H,5-12H2,1-4H3/t13-/m0/s1. The predicted molar refractivity (Wildman–Crippen MR) is 82.4 cm³/mol. The first-order valence-corrected chi connectivity index (χ1v) is 8.19. The highest BCUT2D eigenvalue weighted by Crippen LogP contribution is 2.35. The highest BCUT2D eigenvalue weighted by Gasteiger charge is 2.41. The van der Waals surface area contributed by atoms with Crippen molar-refractivity contribution in [3.63, 3.8) is 0 Å². The number of hydrogen-bond donors (Lipinski definition) is 1. The van der Waals surface area contributed by atoms with Crippen LogP contribution in [-0.2, 0) is 9.47 Å². The molecule has 0 unspecified atom stereocenters. The maximum atomic E-state index is 12.4. The highest BCUT2D eigenvalue weighted by molar-refractivity contribution is 5.68. The molecule has 2 heterocycles. The normalized spacial score (nSPS) is 25.6. The molecule has 1 N–H and O–H groups in total. The van der Waals surface area contributed by atoms with Gasteiger partial charge in [-0.1, -0.05) is 0 Å². The minimum atomic E-state index is -0.442. The topological polar surface area (TPSA) is 50.8 Å². The molecule has 0 aliphatic carbocycles. The molecule has 2 saturated heterocycles. The molecule has 5 heteroatoms. The largest absolute Gasteiger partial charge is 0.444 e. The van der Waals surface area contributed by atoms with Crippen LogP contribution >= 0.6 is 0 Å². The number of hydrogen-bond acceptors (Lipinski definition) is 4. The fourth-order valence-corrected chi connectivity index (χ4v) is 3.36. The van der Waals surface area contributed by atoms with Crippen LogP contribution in [0, 0.1) is 0 Å². The van der Waals surface area contributed by atoms with Gasteiger partial charge in [-0.3, -0.25) is 0 Å². The van der Waals surface area contributed by atoms with Crippen LogP contribution in [0.25, 0.3) is 0 Å². The van der Waals surface area contributed by atoms with E-state index in [1.165, 1.54) is 0 Å². The van der Waals surface area contributed by atoms with E-state index in [0.29, 0.717) is 6.54 Å². The molecule has 5 nitrogen and oxygen atoms in total. The highest BCUT2D eigenvalue weighted by atomic mass is 16.6. The minimum absolute atomic E-state index is 0.0381. The molecular formula is C16H30N2O3. The number of carbonyl (C=O) groups excluding carboxylic acids is 1. The Kier molecular flexibility index (Phi) is 5.15. The molecule has 0 radical (unpaired) electrons. The van der Waals surface area contributed by atoms with E-state index in [9.17, 15) is 4.79 Å².